The lowest BCUT2D eigenvalue weighted by Crippen LogP contribution is -2.27. The maximum absolute atomic E-state index is 12.2. The lowest BCUT2D eigenvalue weighted by Gasteiger charge is -2.17. The highest BCUT2D eigenvalue weighted by Gasteiger charge is 2.19. The molecule has 5 heteroatoms. The van der Waals surface area contributed by atoms with Crippen molar-refractivity contribution in [1.29, 1.82) is 0 Å². The number of carbonyl (C=O) groups is 1. The zero-order valence-electron chi connectivity index (χ0n) is 11.1. The molecular weight excluding hydrogens is 270 g/mol. The van der Waals surface area contributed by atoms with Gasteiger partial charge in [0.1, 0.15) is 12.6 Å². The quantitative estimate of drug-likeness (QED) is 0.626. The monoisotopic (exact) mass is 284 g/mol. The third-order valence-corrected chi connectivity index (χ3v) is 3.02. The maximum Gasteiger partial charge on any atom is 0.234 e. The molecule has 1 atom stereocenters. The molecule has 0 aliphatic carbocycles. The Kier molecular flexibility index (Phi) is 4.81. The lowest BCUT2D eigenvalue weighted by molar-refractivity contribution is 0.0962. The largest absolute Gasteiger partial charge is 0.380 e. The highest BCUT2D eigenvalue weighted by molar-refractivity contribution is 6.01. The van der Waals surface area contributed by atoms with Gasteiger partial charge in [0, 0.05) is 5.56 Å². The summed E-state index contributed by atoms with van der Waals surface area (Å²) < 4.78 is 0. The number of aliphatic hydroxyl groups excluding tert-OH is 1. The molecule has 0 saturated carbocycles. The summed E-state index contributed by atoms with van der Waals surface area (Å²) in [5.41, 5.74) is 0.841. The Labute approximate surface area is 122 Å². The van der Waals surface area contributed by atoms with Gasteiger partial charge in [-0.1, -0.05) is 42.5 Å². The van der Waals surface area contributed by atoms with Crippen LogP contribution in [0.25, 0.3) is 0 Å². The van der Waals surface area contributed by atoms with Gasteiger partial charge in [-0.3, -0.25) is 14.8 Å². The molecule has 0 saturated heterocycles. The van der Waals surface area contributed by atoms with E-state index in [0.29, 0.717) is 5.69 Å². The van der Waals surface area contributed by atoms with Crippen molar-refractivity contribution < 1.29 is 19.9 Å². The van der Waals surface area contributed by atoms with Gasteiger partial charge in [-0.15, -0.1) is 0 Å². The summed E-state index contributed by atoms with van der Waals surface area (Å²) in [6.45, 7) is -0.285. The van der Waals surface area contributed by atoms with E-state index in [4.69, 9.17) is 0 Å². The number of aliphatic hydroxyl groups is 1. The second-order valence-corrected chi connectivity index (χ2v) is 4.42. The van der Waals surface area contributed by atoms with Crippen molar-refractivity contribution in [2.45, 2.75) is 6.10 Å². The smallest absolute Gasteiger partial charge is 0.234 e. The van der Waals surface area contributed by atoms with Crippen LogP contribution in [0.4, 0.5) is 5.69 Å². The fourth-order valence-corrected chi connectivity index (χ4v) is 1.97. The molecule has 0 aliphatic rings. The van der Waals surface area contributed by atoms with Crippen LogP contribution in [-0.4, -0.2) is 28.9 Å². The van der Waals surface area contributed by atoms with Gasteiger partial charge in [-0.2, -0.15) is 0 Å². The van der Waals surface area contributed by atoms with Crippen LogP contribution in [-0.2, 0) is 4.79 Å². The van der Waals surface area contributed by atoms with Crippen molar-refractivity contribution >= 4 is 17.8 Å². The van der Waals surface area contributed by atoms with Crippen molar-refractivity contribution in [1.82, 2.24) is 0 Å². The molecule has 0 aliphatic heterocycles. The Morgan fingerprint density at radius 2 is 1.71 bits per heavy atom. The van der Waals surface area contributed by atoms with Crippen LogP contribution in [0, 0.1) is 0 Å². The zero-order chi connectivity index (χ0) is 15.2. The Balaban J connectivity index is 2.19. The van der Waals surface area contributed by atoms with E-state index in [1.807, 2.05) is 0 Å². The van der Waals surface area contributed by atoms with Gasteiger partial charge in [0.2, 0.25) is 6.29 Å². The molecule has 2 aromatic rings. The zero-order valence-corrected chi connectivity index (χ0v) is 11.1. The number of carbonyl (C=O) groups excluding carboxylic acids is 2. The van der Waals surface area contributed by atoms with Crippen LogP contribution >= 0.6 is 0 Å². The molecule has 21 heavy (non-hydrogen) atoms. The van der Waals surface area contributed by atoms with Crippen LogP contribution in [0.3, 0.4) is 0 Å². The van der Waals surface area contributed by atoms with Crippen molar-refractivity contribution in [3.05, 3.63) is 65.7 Å². The van der Waals surface area contributed by atoms with Gasteiger partial charge < -0.3 is 5.11 Å². The molecule has 0 aromatic heterocycles. The van der Waals surface area contributed by atoms with Crippen molar-refractivity contribution in [3.63, 3.8) is 0 Å². The summed E-state index contributed by atoms with van der Waals surface area (Å²) in [5.74, 6) is -0.411. The highest BCUT2D eigenvalue weighted by Crippen LogP contribution is 2.18. The summed E-state index contributed by atoms with van der Waals surface area (Å²) >= 11 is 0. The fourth-order valence-electron chi connectivity index (χ4n) is 1.97. The molecule has 0 bridgehead atoms. The van der Waals surface area contributed by atoms with Crippen LogP contribution < -0.4 is 5.06 Å². The van der Waals surface area contributed by atoms with Gasteiger partial charge in [-0.05, 0) is 17.7 Å². The number of anilines is 1. The first-order chi connectivity index (χ1) is 10.1. The van der Waals surface area contributed by atoms with Gasteiger partial charge in [0.15, 0.2) is 5.78 Å². The lowest BCUT2D eigenvalue weighted by atomic mass is 9.99. The molecule has 0 fully saturated rings. The van der Waals surface area contributed by atoms with E-state index in [9.17, 15) is 19.9 Å². The van der Waals surface area contributed by atoms with Crippen LogP contribution in [0.15, 0.2) is 54.6 Å². The van der Waals surface area contributed by atoms with Gasteiger partial charge in [-0.25, -0.2) is 5.06 Å². The predicted molar refractivity (Wildman–Crippen MR) is 77.0 cm³/mol. The van der Waals surface area contributed by atoms with Crippen molar-refractivity contribution in [3.8, 4) is 0 Å². The Morgan fingerprint density at radius 1 is 1.10 bits per heavy atom. The van der Waals surface area contributed by atoms with E-state index in [1.54, 1.807) is 42.5 Å². The number of ketones is 1. The average molecular weight is 284 g/mol. The van der Waals surface area contributed by atoms with Crippen LogP contribution in [0.1, 0.15) is 22.0 Å². The Hall–Kier alpha value is -2.50. The van der Waals surface area contributed by atoms with Gasteiger partial charge in [0.05, 0.1) is 5.69 Å². The molecule has 107 valence electrons. The first kappa shape index (κ1) is 14.9. The summed E-state index contributed by atoms with van der Waals surface area (Å²) in [6, 6.07) is 14.8. The minimum Gasteiger partial charge on any atom is -0.380 e. The Morgan fingerprint density at radius 3 is 2.38 bits per heavy atom. The molecule has 1 unspecified atom stereocenters. The van der Waals surface area contributed by atoms with Crippen molar-refractivity contribution in [2.24, 2.45) is 0 Å². The standard InChI is InChI=1S/C16H14NO4/c18-11-16(20)14-9-5-4-8-13(14)15(19)10-17(21)12-6-2-1-3-7-12/h1-9,16,20-21H,10H2. The van der Waals surface area contributed by atoms with E-state index >= 15 is 0 Å². The normalized spacial score (nSPS) is 11.7. The SMILES string of the molecule is O=[C]C(O)c1ccccc1C(=O)CN(O)c1ccccc1. The number of para-hydroxylation sites is 1. The first-order valence-corrected chi connectivity index (χ1v) is 6.33. The third kappa shape index (κ3) is 3.53. The summed E-state index contributed by atoms with van der Waals surface area (Å²) in [4.78, 5) is 22.8. The number of hydroxylamine groups is 1. The summed E-state index contributed by atoms with van der Waals surface area (Å²) in [5, 5.41) is 20.3. The van der Waals surface area contributed by atoms with E-state index in [2.05, 4.69) is 0 Å². The van der Waals surface area contributed by atoms with Crippen LogP contribution in [0.2, 0.25) is 0 Å². The van der Waals surface area contributed by atoms with E-state index in [-0.39, 0.29) is 17.7 Å². The number of benzene rings is 2. The topological polar surface area (TPSA) is 77.8 Å². The molecule has 5 nitrogen and oxygen atoms in total. The van der Waals surface area contributed by atoms with Crippen LogP contribution in [0.5, 0.6) is 0 Å². The van der Waals surface area contributed by atoms with E-state index in [1.165, 1.54) is 18.4 Å². The second kappa shape index (κ2) is 6.78. The van der Waals surface area contributed by atoms with Gasteiger partial charge >= 0.3 is 0 Å². The minimum absolute atomic E-state index is 0.180. The number of hydrogen-bond acceptors (Lipinski definition) is 5. The molecular formula is C16H14NO4. The second-order valence-electron chi connectivity index (χ2n) is 4.42. The van der Waals surface area contributed by atoms with E-state index < -0.39 is 11.9 Å². The minimum atomic E-state index is -1.48. The van der Waals surface area contributed by atoms with Crippen molar-refractivity contribution in [2.75, 3.05) is 11.6 Å². The molecule has 0 spiro atoms. The fraction of sp³-hybridized carbons (Fsp3) is 0.125. The molecule has 2 aromatic carbocycles. The number of rotatable bonds is 6. The summed E-state index contributed by atoms with van der Waals surface area (Å²) in [6.07, 6.45) is -0.0390. The molecule has 2 N–H and O–H groups in total. The Bertz CT molecular complexity index is 627. The molecule has 0 amide bonds. The van der Waals surface area contributed by atoms with E-state index in [0.717, 1.165) is 5.06 Å². The van der Waals surface area contributed by atoms with Gasteiger partial charge in [0.25, 0.3) is 0 Å². The molecule has 1 radical (unpaired) electrons. The maximum atomic E-state index is 12.2. The average Bonchev–Trinajstić information content (AvgIpc) is 2.54. The molecule has 2 rings (SSSR count). The number of hydrogen-bond donors (Lipinski definition) is 2. The highest BCUT2D eigenvalue weighted by atomic mass is 16.5. The number of nitrogens with zero attached hydrogens (tertiary/aromatic N) is 1. The summed E-state index contributed by atoms with van der Waals surface area (Å²) in [7, 11) is 0. The first-order valence-electron chi connectivity index (χ1n) is 6.33. The molecule has 0 heterocycles. The third-order valence-electron chi connectivity index (χ3n) is 3.02. The number of Topliss-reactive ketones (excluding diaryl/α,β-unsaturated/α-hetero) is 1. The predicted octanol–water partition coefficient (Wildman–Crippen LogP) is 1.91.